The predicted octanol–water partition coefficient (Wildman–Crippen LogP) is 5.23. The van der Waals surface area contributed by atoms with Crippen LogP contribution < -0.4 is 0 Å². The Morgan fingerprint density at radius 1 is 1.15 bits per heavy atom. The molecule has 0 saturated carbocycles. The van der Waals surface area contributed by atoms with Crippen LogP contribution in [-0.2, 0) is 24.1 Å². The van der Waals surface area contributed by atoms with Crippen molar-refractivity contribution in [1.29, 1.82) is 0 Å². The van der Waals surface area contributed by atoms with Gasteiger partial charge in [0.2, 0.25) is 0 Å². The van der Waals surface area contributed by atoms with Crippen LogP contribution in [0.1, 0.15) is 23.1 Å². The molecule has 1 aliphatic rings. The normalized spacial score (nSPS) is 17.7. The molecule has 3 nitrogen and oxygen atoms in total. The van der Waals surface area contributed by atoms with Crippen molar-refractivity contribution < 1.29 is 17.9 Å². The van der Waals surface area contributed by atoms with E-state index in [2.05, 4.69) is 27.3 Å². The summed E-state index contributed by atoms with van der Waals surface area (Å²) in [5, 5.41) is 2.13. The van der Waals surface area contributed by atoms with Gasteiger partial charge in [0.25, 0.3) is 0 Å². The van der Waals surface area contributed by atoms with Gasteiger partial charge in [0.1, 0.15) is 0 Å². The van der Waals surface area contributed by atoms with Crippen molar-refractivity contribution in [3.05, 3.63) is 65.2 Å². The zero-order valence-corrected chi connectivity index (χ0v) is 15.4. The second kappa shape index (κ2) is 8.76. The summed E-state index contributed by atoms with van der Waals surface area (Å²) in [4.78, 5) is 5.81. The van der Waals surface area contributed by atoms with Crippen LogP contribution in [0, 0.1) is 0 Å². The van der Waals surface area contributed by atoms with E-state index in [0.29, 0.717) is 25.3 Å². The van der Waals surface area contributed by atoms with Crippen molar-refractivity contribution in [3.63, 3.8) is 0 Å². The highest BCUT2D eigenvalue weighted by Gasteiger charge is 2.31. The van der Waals surface area contributed by atoms with E-state index in [1.807, 2.05) is 30.3 Å². The van der Waals surface area contributed by atoms with Gasteiger partial charge in [-0.25, -0.2) is 0 Å². The Labute approximate surface area is 161 Å². The first-order chi connectivity index (χ1) is 12.9. The fourth-order valence-corrected chi connectivity index (χ4v) is 3.27. The van der Waals surface area contributed by atoms with Crippen LogP contribution in [-0.4, -0.2) is 29.3 Å². The van der Waals surface area contributed by atoms with Crippen molar-refractivity contribution in [2.24, 2.45) is 4.99 Å². The quantitative estimate of drug-likeness (QED) is 0.497. The lowest BCUT2D eigenvalue weighted by Gasteiger charge is -2.18. The summed E-state index contributed by atoms with van der Waals surface area (Å²) in [5.74, 6) is 0. The largest absolute Gasteiger partial charge is 0.416 e. The van der Waals surface area contributed by atoms with Crippen LogP contribution in [0.25, 0.3) is 0 Å². The van der Waals surface area contributed by atoms with Gasteiger partial charge in [-0.3, -0.25) is 4.90 Å². The molecule has 0 aliphatic carbocycles. The number of aliphatic imine (C=N–C) groups is 1. The molecule has 0 unspecified atom stereocenters. The third-order valence-electron chi connectivity index (χ3n) is 4.44. The Morgan fingerprint density at radius 3 is 2.63 bits per heavy atom. The minimum absolute atomic E-state index is 0.0782. The van der Waals surface area contributed by atoms with Gasteiger partial charge in [0.15, 0.2) is 0 Å². The fraction of sp³-hybridized carbons (Fsp3) is 0.350. The first kappa shape index (κ1) is 19.7. The van der Waals surface area contributed by atoms with E-state index in [0.717, 1.165) is 24.6 Å². The standard InChI is InChI=1S/C20H19F3N2OS/c21-20(22,23)17-8-16(9-18(10-17)24-14-27)11-25-7-6-19(12-25)26-13-15-4-2-1-3-5-15/h1-5,8-10,19H,6-7,11-13H2/t19-/m0/s1. The van der Waals surface area contributed by atoms with Crippen LogP contribution in [0.15, 0.2) is 53.5 Å². The molecule has 0 radical (unpaired) electrons. The average Bonchev–Trinajstić information content (AvgIpc) is 3.07. The molecule has 142 valence electrons. The highest BCUT2D eigenvalue weighted by Crippen LogP contribution is 2.33. The van der Waals surface area contributed by atoms with Crippen molar-refractivity contribution in [1.82, 2.24) is 4.90 Å². The number of rotatable bonds is 6. The number of benzene rings is 2. The van der Waals surface area contributed by atoms with Gasteiger partial charge < -0.3 is 4.74 Å². The average molecular weight is 392 g/mol. The maximum Gasteiger partial charge on any atom is 0.416 e. The van der Waals surface area contributed by atoms with Gasteiger partial charge in [-0.2, -0.15) is 18.2 Å². The molecule has 1 saturated heterocycles. The Hall–Kier alpha value is -2.05. The summed E-state index contributed by atoms with van der Waals surface area (Å²) >= 11 is 4.52. The van der Waals surface area contributed by atoms with Crippen LogP contribution in [0.3, 0.4) is 0 Å². The smallest absolute Gasteiger partial charge is 0.372 e. The predicted molar refractivity (Wildman–Crippen MR) is 101 cm³/mol. The molecule has 7 heteroatoms. The first-order valence-electron chi connectivity index (χ1n) is 8.61. The van der Waals surface area contributed by atoms with Gasteiger partial charge in [-0.1, -0.05) is 30.3 Å². The minimum atomic E-state index is -4.42. The number of isothiocyanates is 1. The Bertz CT molecular complexity index is 820. The number of hydrogen-bond acceptors (Lipinski definition) is 4. The highest BCUT2D eigenvalue weighted by atomic mass is 32.1. The van der Waals surface area contributed by atoms with E-state index in [1.165, 1.54) is 6.07 Å². The molecule has 3 rings (SSSR count). The SMILES string of the molecule is FC(F)(F)c1cc(CN2CC[C@H](OCc3ccccc3)C2)cc(N=C=S)c1. The monoisotopic (exact) mass is 392 g/mol. The number of nitrogens with zero attached hydrogens (tertiary/aromatic N) is 2. The molecule has 0 aromatic heterocycles. The van der Waals surface area contributed by atoms with Gasteiger partial charge in [0, 0.05) is 19.6 Å². The maximum absolute atomic E-state index is 13.1. The van der Waals surface area contributed by atoms with Gasteiger partial charge in [-0.15, -0.1) is 0 Å². The Balaban J connectivity index is 1.62. The molecular formula is C20H19F3N2OS. The molecule has 1 aliphatic heterocycles. The summed E-state index contributed by atoms with van der Waals surface area (Å²) in [5.41, 5.74) is 1.11. The van der Waals surface area contributed by atoms with E-state index in [1.54, 1.807) is 6.07 Å². The van der Waals surface area contributed by atoms with E-state index >= 15 is 0 Å². The number of likely N-dealkylation sites (tertiary alicyclic amines) is 1. The lowest BCUT2D eigenvalue weighted by atomic mass is 10.1. The van der Waals surface area contributed by atoms with E-state index in [9.17, 15) is 13.2 Å². The molecule has 1 fully saturated rings. The molecular weight excluding hydrogens is 373 g/mol. The van der Waals surface area contributed by atoms with Crippen molar-refractivity contribution >= 4 is 23.1 Å². The number of hydrogen-bond donors (Lipinski definition) is 0. The van der Waals surface area contributed by atoms with Gasteiger partial charge >= 0.3 is 6.18 Å². The van der Waals surface area contributed by atoms with E-state index in [-0.39, 0.29) is 11.8 Å². The van der Waals surface area contributed by atoms with E-state index in [4.69, 9.17) is 4.74 Å². The van der Waals surface area contributed by atoms with Gasteiger partial charge in [-0.05, 0) is 48.0 Å². The Kier molecular flexibility index (Phi) is 6.39. The molecule has 2 aromatic rings. The summed E-state index contributed by atoms with van der Waals surface area (Å²) in [6.45, 7) is 2.42. The molecule has 27 heavy (non-hydrogen) atoms. The van der Waals surface area contributed by atoms with Crippen molar-refractivity contribution in [3.8, 4) is 0 Å². The molecule has 0 spiro atoms. The molecule has 0 N–H and O–H groups in total. The first-order valence-corrected chi connectivity index (χ1v) is 9.02. The Morgan fingerprint density at radius 2 is 1.93 bits per heavy atom. The maximum atomic E-state index is 13.1. The highest BCUT2D eigenvalue weighted by molar-refractivity contribution is 7.78. The van der Waals surface area contributed by atoms with Crippen LogP contribution in [0.5, 0.6) is 0 Å². The second-order valence-electron chi connectivity index (χ2n) is 6.53. The molecule has 1 atom stereocenters. The summed E-state index contributed by atoms with van der Waals surface area (Å²) in [6.07, 6.45) is -3.49. The zero-order chi connectivity index (χ0) is 19.3. The third kappa shape index (κ3) is 5.71. The summed E-state index contributed by atoms with van der Waals surface area (Å²) in [6, 6.07) is 13.7. The van der Waals surface area contributed by atoms with Crippen LogP contribution in [0.4, 0.5) is 18.9 Å². The number of halogens is 3. The summed E-state index contributed by atoms with van der Waals surface area (Å²) in [7, 11) is 0. The third-order valence-corrected chi connectivity index (χ3v) is 4.53. The lowest BCUT2D eigenvalue weighted by molar-refractivity contribution is -0.137. The van der Waals surface area contributed by atoms with Gasteiger partial charge in [0.05, 0.1) is 29.1 Å². The molecule has 1 heterocycles. The lowest BCUT2D eigenvalue weighted by Crippen LogP contribution is -2.23. The van der Waals surface area contributed by atoms with Crippen LogP contribution >= 0.6 is 12.2 Å². The molecule has 2 aromatic carbocycles. The minimum Gasteiger partial charge on any atom is -0.372 e. The fourth-order valence-electron chi connectivity index (χ4n) is 3.17. The number of thiocarbonyl (C=S) groups is 1. The second-order valence-corrected chi connectivity index (χ2v) is 6.71. The topological polar surface area (TPSA) is 24.8 Å². The number of ether oxygens (including phenoxy) is 1. The number of alkyl halides is 3. The van der Waals surface area contributed by atoms with Crippen molar-refractivity contribution in [2.75, 3.05) is 13.1 Å². The van der Waals surface area contributed by atoms with E-state index < -0.39 is 11.7 Å². The zero-order valence-electron chi connectivity index (χ0n) is 14.6. The summed E-state index contributed by atoms with van der Waals surface area (Å²) < 4.78 is 45.2. The molecule has 0 amide bonds. The van der Waals surface area contributed by atoms with Crippen molar-refractivity contribution in [2.45, 2.75) is 31.9 Å². The molecule has 0 bridgehead atoms. The van der Waals surface area contributed by atoms with Crippen LogP contribution in [0.2, 0.25) is 0 Å².